The lowest BCUT2D eigenvalue weighted by Crippen LogP contribution is -2.02. The van der Waals surface area contributed by atoms with Crippen molar-refractivity contribution in [2.75, 3.05) is 12.8 Å². The van der Waals surface area contributed by atoms with Gasteiger partial charge in [0, 0.05) is 23.0 Å². The molecule has 4 nitrogen and oxygen atoms in total. The van der Waals surface area contributed by atoms with Crippen LogP contribution in [0.25, 0.3) is 0 Å². The van der Waals surface area contributed by atoms with E-state index in [1.807, 2.05) is 0 Å². The molecule has 2 N–H and O–H groups in total. The highest BCUT2D eigenvalue weighted by Crippen LogP contribution is 2.31. The average Bonchev–Trinajstić information content (AvgIpc) is 2.86. The summed E-state index contributed by atoms with van der Waals surface area (Å²) in [5.74, 6) is 1.30. The van der Waals surface area contributed by atoms with Gasteiger partial charge in [0.25, 0.3) is 0 Å². The van der Waals surface area contributed by atoms with Crippen molar-refractivity contribution in [3.8, 4) is 5.75 Å². The van der Waals surface area contributed by atoms with Gasteiger partial charge in [-0.1, -0.05) is 0 Å². The summed E-state index contributed by atoms with van der Waals surface area (Å²) >= 11 is 1.34. The zero-order chi connectivity index (χ0) is 13.8. The SMILES string of the molecule is COc1ccc(N)c(SCc2nccn2C(F)F)c1. The molecule has 2 rings (SSSR count). The van der Waals surface area contributed by atoms with Crippen LogP contribution >= 0.6 is 11.8 Å². The Hall–Kier alpha value is -1.76. The van der Waals surface area contributed by atoms with Crippen molar-refractivity contribution in [1.82, 2.24) is 9.55 Å². The summed E-state index contributed by atoms with van der Waals surface area (Å²) in [6.07, 6.45) is 2.62. The Kier molecular flexibility index (Phi) is 4.26. The van der Waals surface area contributed by atoms with E-state index in [0.717, 1.165) is 9.46 Å². The number of hydrogen-bond acceptors (Lipinski definition) is 4. The smallest absolute Gasteiger partial charge is 0.319 e. The first-order valence-electron chi connectivity index (χ1n) is 5.48. The van der Waals surface area contributed by atoms with E-state index >= 15 is 0 Å². The van der Waals surface area contributed by atoms with Gasteiger partial charge in [0.15, 0.2) is 0 Å². The van der Waals surface area contributed by atoms with Crippen molar-refractivity contribution in [3.05, 3.63) is 36.4 Å². The number of nitrogens with two attached hydrogens (primary N) is 1. The largest absolute Gasteiger partial charge is 0.497 e. The number of methoxy groups -OCH3 is 1. The van der Waals surface area contributed by atoms with Crippen LogP contribution in [0.3, 0.4) is 0 Å². The van der Waals surface area contributed by atoms with Gasteiger partial charge in [-0.15, -0.1) is 11.8 Å². The predicted molar refractivity (Wildman–Crippen MR) is 70.4 cm³/mol. The molecule has 102 valence electrons. The van der Waals surface area contributed by atoms with Gasteiger partial charge in [0.2, 0.25) is 0 Å². The molecule has 0 radical (unpaired) electrons. The van der Waals surface area contributed by atoms with Gasteiger partial charge in [0.1, 0.15) is 11.6 Å². The molecule has 7 heteroatoms. The number of benzene rings is 1. The van der Waals surface area contributed by atoms with E-state index in [9.17, 15) is 8.78 Å². The number of nitrogen functional groups attached to an aromatic ring is 1. The van der Waals surface area contributed by atoms with Crippen LogP contribution in [0.15, 0.2) is 35.5 Å². The first-order chi connectivity index (χ1) is 9.11. The Morgan fingerprint density at radius 1 is 1.47 bits per heavy atom. The minimum Gasteiger partial charge on any atom is -0.497 e. The number of alkyl halides is 2. The molecule has 0 fully saturated rings. The van der Waals surface area contributed by atoms with E-state index in [2.05, 4.69) is 4.98 Å². The Balaban J connectivity index is 2.12. The highest BCUT2D eigenvalue weighted by atomic mass is 32.2. The van der Waals surface area contributed by atoms with E-state index in [-0.39, 0.29) is 0 Å². The van der Waals surface area contributed by atoms with E-state index in [0.29, 0.717) is 23.0 Å². The van der Waals surface area contributed by atoms with Gasteiger partial charge in [-0.25, -0.2) is 4.98 Å². The molecule has 1 heterocycles. The van der Waals surface area contributed by atoms with Crippen molar-refractivity contribution < 1.29 is 13.5 Å². The number of anilines is 1. The molecule has 0 unspecified atom stereocenters. The summed E-state index contributed by atoms with van der Waals surface area (Å²) in [4.78, 5) is 4.70. The van der Waals surface area contributed by atoms with Gasteiger partial charge < -0.3 is 10.5 Å². The molecular weight excluding hydrogens is 272 g/mol. The molecule has 0 spiro atoms. The Bertz CT molecular complexity index is 560. The van der Waals surface area contributed by atoms with Gasteiger partial charge in [-0.3, -0.25) is 4.57 Å². The summed E-state index contributed by atoms with van der Waals surface area (Å²) in [5, 5.41) is 0. The summed E-state index contributed by atoms with van der Waals surface area (Å²) in [6, 6.07) is 5.25. The quantitative estimate of drug-likeness (QED) is 0.677. The number of imidazole rings is 1. The van der Waals surface area contributed by atoms with Crippen molar-refractivity contribution >= 4 is 17.4 Å². The van der Waals surface area contributed by atoms with Gasteiger partial charge in [-0.05, 0) is 18.2 Å². The molecule has 2 aromatic rings. The van der Waals surface area contributed by atoms with Gasteiger partial charge in [0.05, 0.1) is 12.9 Å². The number of thioether (sulfide) groups is 1. The fourth-order valence-corrected chi connectivity index (χ4v) is 2.48. The summed E-state index contributed by atoms with van der Waals surface area (Å²) in [6.45, 7) is -2.58. The second kappa shape index (κ2) is 5.92. The van der Waals surface area contributed by atoms with E-state index in [1.165, 1.54) is 24.2 Å². The Morgan fingerprint density at radius 3 is 2.95 bits per heavy atom. The number of hydrogen-bond donors (Lipinski definition) is 1. The molecule has 19 heavy (non-hydrogen) atoms. The first kappa shape index (κ1) is 13.7. The van der Waals surface area contributed by atoms with Crippen LogP contribution in [0, 0.1) is 0 Å². The van der Waals surface area contributed by atoms with Crippen molar-refractivity contribution in [3.63, 3.8) is 0 Å². The van der Waals surface area contributed by atoms with Gasteiger partial charge in [-0.2, -0.15) is 8.78 Å². The molecule has 0 saturated carbocycles. The highest BCUT2D eigenvalue weighted by molar-refractivity contribution is 7.98. The van der Waals surface area contributed by atoms with Crippen LogP contribution in [-0.4, -0.2) is 16.7 Å². The lowest BCUT2D eigenvalue weighted by molar-refractivity contribution is 0.0678. The lowest BCUT2D eigenvalue weighted by Gasteiger charge is -2.09. The molecule has 0 bridgehead atoms. The number of aromatic nitrogens is 2. The maximum atomic E-state index is 12.7. The van der Waals surface area contributed by atoms with Crippen molar-refractivity contribution in [2.45, 2.75) is 17.2 Å². The fraction of sp³-hybridized carbons (Fsp3) is 0.250. The Morgan fingerprint density at radius 2 is 2.26 bits per heavy atom. The zero-order valence-electron chi connectivity index (χ0n) is 10.2. The molecule has 0 aliphatic heterocycles. The Labute approximate surface area is 113 Å². The second-order valence-corrected chi connectivity index (χ2v) is 4.74. The molecule has 0 amide bonds. The van der Waals surface area contributed by atoms with Crippen LogP contribution in [-0.2, 0) is 5.75 Å². The molecule has 0 aliphatic carbocycles. The molecule has 1 aromatic heterocycles. The fourth-order valence-electron chi connectivity index (χ4n) is 1.54. The maximum absolute atomic E-state index is 12.7. The minimum atomic E-state index is -2.58. The number of nitrogens with zero attached hydrogens (tertiary/aromatic N) is 2. The summed E-state index contributed by atoms with van der Waals surface area (Å²) < 4.78 is 31.2. The van der Waals surface area contributed by atoms with E-state index in [1.54, 1.807) is 25.3 Å². The van der Waals surface area contributed by atoms with Crippen LogP contribution in [0.4, 0.5) is 14.5 Å². The topological polar surface area (TPSA) is 53.1 Å². The first-order valence-corrected chi connectivity index (χ1v) is 6.46. The normalized spacial score (nSPS) is 10.9. The third-order valence-corrected chi connectivity index (χ3v) is 3.60. The second-order valence-electron chi connectivity index (χ2n) is 3.72. The van der Waals surface area contributed by atoms with Crippen molar-refractivity contribution in [1.29, 1.82) is 0 Å². The third kappa shape index (κ3) is 3.17. The summed E-state index contributed by atoms with van der Waals surface area (Å²) in [5.41, 5.74) is 6.41. The number of ether oxygens (including phenoxy) is 1. The van der Waals surface area contributed by atoms with E-state index < -0.39 is 6.55 Å². The monoisotopic (exact) mass is 285 g/mol. The average molecular weight is 285 g/mol. The molecule has 0 saturated heterocycles. The summed E-state index contributed by atoms with van der Waals surface area (Å²) in [7, 11) is 1.56. The highest BCUT2D eigenvalue weighted by Gasteiger charge is 2.12. The zero-order valence-corrected chi connectivity index (χ0v) is 11.0. The van der Waals surface area contributed by atoms with Crippen LogP contribution in [0.2, 0.25) is 0 Å². The standard InChI is InChI=1S/C12H13F2N3OS/c1-18-8-2-3-9(15)10(6-8)19-7-11-16-4-5-17(11)12(13)14/h2-6,12H,7,15H2,1H3. The predicted octanol–water partition coefficient (Wildman–Crippen LogP) is 3.16. The minimum absolute atomic E-state index is 0.308. The molecule has 1 aromatic carbocycles. The van der Waals surface area contributed by atoms with Crippen LogP contribution in [0.1, 0.15) is 12.4 Å². The molecule has 0 atom stereocenters. The van der Waals surface area contributed by atoms with Crippen LogP contribution < -0.4 is 10.5 Å². The maximum Gasteiger partial charge on any atom is 0.319 e. The van der Waals surface area contributed by atoms with Crippen LogP contribution in [0.5, 0.6) is 5.75 Å². The van der Waals surface area contributed by atoms with E-state index in [4.69, 9.17) is 10.5 Å². The van der Waals surface area contributed by atoms with Crippen molar-refractivity contribution in [2.24, 2.45) is 0 Å². The molecule has 0 aliphatic rings. The van der Waals surface area contributed by atoms with Gasteiger partial charge >= 0.3 is 6.55 Å². The number of halogens is 2. The number of rotatable bonds is 5. The lowest BCUT2D eigenvalue weighted by atomic mass is 10.3. The molecular formula is C12H13F2N3OS. The third-order valence-electron chi connectivity index (χ3n) is 2.54.